The van der Waals surface area contributed by atoms with E-state index in [9.17, 15) is 9.90 Å². The van der Waals surface area contributed by atoms with Crippen LogP contribution in [0.1, 0.15) is 19.4 Å². The normalized spacial score (nSPS) is 15.8. The molecular weight excluding hydrogens is 228 g/mol. The highest BCUT2D eigenvalue weighted by atomic mass is 16.3. The SMILES string of the molecule is CC(NCC(C)(O)c1ccccc1)C(=O)N(C)C. The first kappa shape index (κ1) is 14.7. The van der Waals surface area contributed by atoms with Crippen LogP contribution in [0.2, 0.25) is 0 Å². The Morgan fingerprint density at radius 2 is 1.94 bits per heavy atom. The van der Waals surface area contributed by atoms with E-state index in [1.807, 2.05) is 30.3 Å². The summed E-state index contributed by atoms with van der Waals surface area (Å²) >= 11 is 0. The molecule has 0 fully saturated rings. The lowest BCUT2D eigenvalue weighted by Gasteiger charge is -2.27. The molecule has 18 heavy (non-hydrogen) atoms. The van der Waals surface area contributed by atoms with Crippen molar-refractivity contribution >= 4 is 5.91 Å². The maximum Gasteiger partial charge on any atom is 0.238 e. The molecule has 4 nitrogen and oxygen atoms in total. The summed E-state index contributed by atoms with van der Waals surface area (Å²) in [5.41, 5.74) is -0.149. The average molecular weight is 250 g/mol. The number of nitrogens with one attached hydrogen (secondary N) is 1. The quantitative estimate of drug-likeness (QED) is 0.818. The molecule has 0 spiro atoms. The molecule has 1 rings (SSSR count). The van der Waals surface area contributed by atoms with Crippen molar-refractivity contribution in [3.8, 4) is 0 Å². The third-order valence-electron chi connectivity index (χ3n) is 2.96. The first-order valence-electron chi connectivity index (χ1n) is 6.07. The molecule has 1 aromatic rings. The highest BCUT2D eigenvalue weighted by molar-refractivity contribution is 5.80. The van der Waals surface area contributed by atoms with Gasteiger partial charge in [0.2, 0.25) is 5.91 Å². The van der Waals surface area contributed by atoms with Crippen LogP contribution in [0.4, 0.5) is 0 Å². The maximum absolute atomic E-state index is 11.7. The highest BCUT2D eigenvalue weighted by Gasteiger charge is 2.24. The van der Waals surface area contributed by atoms with Gasteiger partial charge in [0.1, 0.15) is 0 Å². The summed E-state index contributed by atoms with van der Waals surface area (Å²) in [5.74, 6) is -0.00105. The second kappa shape index (κ2) is 5.98. The summed E-state index contributed by atoms with van der Waals surface area (Å²) in [6, 6.07) is 9.12. The molecule has 2 atom stereocenters. The second-order valence-corrected chi connectivity index (χ2v) is 4.98. The third-order valence-corrected chi connectivity index (χ3v) is 2.96. The van der Waals surface area contributed by atoms with Gasteiger partial charge in [-0.05, 0) is 19.4 Å². The zero-order valence-electron chi connectivity index (χ0n) is 11.5. The van der Waals surface area contributed by atoms with Crippen molar-refractivity contribution in [3.63, 3.8) is 0 Å². The first-order valence-corrected chi connectivity index (χ1v) is 6.07. The van der Waals surface area contributed by atoms with Crippen LogP contribution in [0.25, 0.3) is 0 Å². The molecule has 1 aromatic carbocycles. The van der Waals surface area contributed by atoms with Gasteiger partial charge in [-0.1, -0.05) is 30.3 Å². The van der Waals surface area contributed by atoms with E-state index in [1.54, 1.807) is 27.9 Å². The van der Waals surface area contributed by atoms with Crippen molar-refractivity contribution in [1.29, 1.82) is 0 Å². The molecule has 100 valence electrons. The minimum absolute atomic E-state index is 0.00105. The van der Waals surface area contributed by atoms with Crippen LogP contribution in [-0.4, -0.2) is 42.6 Å². The lowest BCUT2D eigenvalue weighted by atomic mass is 9.96. The minimum atomic E-state index is -0.984. The van der Waals surface area contributed by atoms with Gasteiger partial charge in [-0.15, -0.1) is 0 Å². The molecule has 0 saturated heterocycles. The maximum atomic E-state index is 11.7. The number of aliphatic hydroxyl groups is 1. The van der Waals surface area contributed by atoms with Crippen molar-refractivity contribution in [2.24, 2.45) is 0 Å². The summed E-state index contributed by atoms with van der Waals surface area (Å²) < 4.78 is 0. The number of likely N-dealkylation sites (N-methyl/N-ethyl adjacent to an activating group) is 1. The Labute approximate surface area is 109 Å². The molecule has 1 amide bonds. The van der Waals surface area contributed by atoms with Gasteiger partial charge in [0.15, 0.2) is 0 Å². The van der Waals surface area contributed by atoms with E-state index in [2.05, 4.69) is 5.32 Å². The summed E-state index contributed by atoms with van der Waals surface area (Å²) in [6.45, 7) is 3.86. The Kier molecular flexibility index (Phi) is 4.87. The molecule has 0 bridgehead atoms. The predicted molar refractivity (Wildman–Crippen MR) is 72.2 cm³/mol. The molecule has 0 aromatic heterocycles. The summed E-state index contributed by atoms with van der Waals surface area (Å²) in [4.78, 5) is 13.2. The minimum Gasteiger partial charge on any atom is -0.384 e. The monoisotopic (exact) mass is 250 g/mol. The number of amides is 1. The van der Waals surface area contributed by atoms with Gasteiger partial charge in [0.25, 0.3) is 0 Å². The number of carbonyl (C=O) groups excluding carboxylic acids is 1. The van der Waals surface area contributed by atoms with Crippen LogP contribution in [0.15, 0.2) is 30.3 Å². The van der Waals surface area contributed by atoms with Gasteiger partial charge >= 0.3 is 0 Å². The van der Waals surface area contributed by atoms with Gasteiger partial charge in [0.05, 0.1) is 11.6 Å². The molecule has 0 radical (unpaired) electrons. The van der Waals surface area contributed by atoms with Crippen LogP contribution < -0.4 is 5.32 Å². The van der Waals surface area contributed by atoms with Crippen molar-refractivity contribution < 1.29 is 9.90 Å². The molecule has 0 aliphatic rings. The second-order valence-electron chi connectivity index (χ2n) is 4.98. The number of hydrogen-bond acceptors (Lipinski definition) is 3. The Balaban J connectivity index is 2.60. The molecule has 0 saturated carbocycles. The molecule has 0 heterocycles. The highest BCUT2D eigenvalue weighted by Crippen LogP contribution is 2.19. The molecule has 0 aliphatic carbocycles. The Hall–Kier alpha value is -1.39. The van der Waals surface area contributed by atoms with Crippen LogP contribution in [0, 0.1) is 0 Å². The largest absolute Gasteiger partial charge is 0.384 e. The topological polar surface area (TPSA) is 52.6 Å². The number of nitrogens with zero attached hydrogens (tertiary/aromatic N) is 1. The number of rotatable bonds is 5. The number of benzene rings is 1. The van der Waals surface area contributed by atoms with Crippen LogP contribution in [-0.2, 0) is 10.4 Å². The zero-order chi connectivity index (χ0) is 13.8. The smallest absolute Gasteiger partial charge is 0.238 e. The van der Waals surface area contributed by atoms with Crippen molar-refractivity contribution in [1.82, 2.24) is 10.2 Å². The summed E-state index contributed by atoms with van der Waals surface area (Å²) in [5, 5.41) is 13.4. The van der Waals surface area contributed by atoms with E-state index < -0.39 is 5.60 Å². The van der Waals surface area contributed by atoms with Gasteiger partial charge in [-0.25, -0.2) is 0 Å². The summed E-state index contributed by atoms with van der Waals surface area (Å²) in [7, 11) is 3.44. The molecule has 2 N–H and O–H groups in total. The van der Waals surface area contributed by atoms with Gasteiger partial charge in [-0.3, -0.25) is 4.79 Å². The van der Waals surface area contributed by atoms with E-state index in [-0.39, 0.29) is 11.9 Å². The lowest BCUT2D eigenvalue weighted by Crippen LogP contribution is -2.46. The molecular formula is C14H22N2O2. The fraction of sp³-hybridized carbons (Fsp3) is 0.500. The van der Waals surface area contributed by atoms with Crippen LogP contribution in [0.3, 0.4) is 0 Å². The molecule has 4 heteroatoms. The summed E-state index contributed by atoms with van der Waals surface area (Å²) in [6.07, 6.45) is 0. The van der Waals surface area contributed by atoms with E-state index in [1.165, 1.54) is 4.90 Å². The van der Waals surface area contributed by atoms with E-state index in [4.69, 9.17) is 0 Å². The van der Waals surface area contributed by atoms with Gasteiger partial charge < -0.3 is 15.3 Å². The standard InChI is InChI=1S/C14H22N2O2/c1-11(13(17)16(3)4)15-10-14(2,18)12-8-6-5-7-9-12/h5-9,11,15,18H,10H2,1-4H3. The van der Waals surface area contributed by atoms with Gasteiger partial charge in [-0.2, -0.15) is 0 Å². The Morgan fingerprint density at radius 3 is 2.44 bits per heavy atom. The first-order chi connectivity index (χ1) is 8.34. The number of carbonyl (C=O) groups is 1. The van der Waals surface area contributed by atoms with Crippen molar-refractivity contribution in [3.05, 3.63) is 35.9 Å². The predicted octanol–water partition coefficient (Wildman–Crippen LogP) is 0.960. The number of hydrogen-bond donors (Lipinski definition) is 2. The lowest BCUT2D eigenvalue weighted by molar-refractivity contribution is -0.130. The van der Waals surface area contributed by atoms with Crippen LogP contribution in [0.5, 0.6) is 0 Å². The Morgan fingerprint density at radius 1 is 1.39 bits per heavy atom. The average Bonchev–Trinajstić information content (AvgIpc) is 2.36. The zero-order valence-corrected chi connectivity index (χ0v) is 11.5. The fourth-order valence-corrected chi connectivity index (χ4v) is 1.73. The van der Waals surface area contributed by atoms with Gasteiger partial charge in [0, 0.05) is 20.6 Å². The molecule has 0 aliphatic heterocycles. The Bertz CT molecular complexity index is 388. The van der Waals surface area contributed by atoms with Crippen LogP contribution >= 0.6 is 0 Å². The van der Waals surface area contributed by atoms with E-state index >= 15 is 0 Å². The van der Waals surface area contributed by atoms with E-state index in [0.717, 1.165) is 5.56 Å². The third kappa shape index (κ3) is 3.82. The van der Waals surface area contributed by atoms with Crippen molar-refractivity contribution in [2.75, 3.05) is 20.6 Å². The van der Waals surface area contributed by atoms with Crippen molar-refractivity contribution in [2.45, 2.75) is 25.5 Å². The molecule has 2 unspecified atom stereocenters. The van der Waals surface area contributed by atoms with E-state index in [0.29, 0.717) is 6.54 Å². The fourth-order valence-electron chi connectivity index (χ4n) is 1.73.